The van der Waals surface area contributed by atoms with Gasteiger partial charge in [0.05, 0.1) is 44.2 Å². The van der Waals surface area contributed by atoms with Gasteiger partial charge in [0.2, 0.25) is 9.84 Å². The summed E-state index contributed by atoms with van der Waals surface area (Å²) in [7, 11) is -3.70. The number of pyridine rings is 2. The number of aryl methyl sites for hydroxylation is 2. The van der Waals surface area contributed by atoms with E-state index >= 15 is 0 Å². The van der Waals surface area contributed by atoms with Gasteiger partial charge >= 0.3 is 12.1 Å². The number of carbonyl (C=O) groups is 2. The fraction of sp³-hybridized carbons (Fsp3) is 0.286. The lowest BCUT2D eigenvalue weighted by atomic mass is 10.1. The Balaban J connectivity index is 0.000000182. The normalized spacial score (nSPS) is 14.1. The van der Waals surface area contributed by atoms with Gasteiger partial charge in [-0.1, -0.05) is 46.6 Å². The lowest BCUT2D eigenvalue weighted by Crippen LogP contribution is -2.31. The topological polar surface area (TPSA) is 174 Å². The van der Waals surface area contributed by atoms with E-state index in [1.54, 1.807) is 30.4 Å². The Labute approximate surface area is 362 Å². The van der Waals surface area contributed by atoms with Crippen LogP contribution in [0.15, 0.2) is 116 Å². The Morgan fingerprint density at radius 1 is 0.617 bits per heavy atom. The van der Waals surface area contributed by atoms with Crippen molar-refractivity contribution in [3.63, 3.8) is 0 Å². The van der Waals surface area contributed by atoms with Gasteiger partial charge in [-0.05, 0) is 112 Å². The Bertz CT molecular complexity index is 2490. The Morgan fingerprint density at radius 3 is 1.63 bits per heavy atom. The van der Waals surface area contributed by atoms with Gasteiger partial charge in [0.15, 0.2) is 10.3 Å². The zero-order valence-corrected chi connectivity index (χ0v) is 36.5. The second-order valence-electron chi connectivity index (χ2n) is 14.2. The summed E-state index contributed by atoms with van der Waals surface area (Å²) in [5, 5.41) is 12.2. The van der Waals surface area contributed by atoms with Gasteiger partial charge in [0.1, 0.15) is 4.21 Å². The molecule has 4 aromatic heterocycles. The van der Waals surface area contributed by atoms with E-state index in [0.717, 1.165) is 82.1 Å². The third-order valence-corrected chi connectivity index (χ3v) is 14.9. The smallest absolute Gasteiger partial charge is 0.325 e. The van der Waals surface area contributed by atoms with Gasteiger partial charge in [-0.3, -0.25) is 20.6 Å². The van der Waals surface area contributed by atoms with Gasteiger partial charge in [0.25, 0.3) is 0 Å². The fourth-order valence-corrected chi connectivity index (χ4v) is 11.0. The molecule has 4 N–H and O–H groups in total. The number of thiazole rings is 2. The van der Waals surface area contributed by atoms with Crippen LogP contribution in [0.4, 0.5) is 42.6 Å². The molecule has 6 aromatic rings. The molecule has 60 heavy (non-hydrogen) atoms. The maximum Gasteiger partial charge on any atom is 0.325 e. The van der Waals surface area contributed by atoms with E-state index in [1.807, 2.05) is 43.3 Å². The molecule has 0 unspecified atom stereocenters. The van der Waals surface area contributed by atoms with Crippen molar-refractivity contribution in [2.75, 3.05) is 57.2 Å². The molecule has 18 heteroatoms. The molecule has 312 valence electrons. The number of nitrogens with one attached hydrogen (secondary N) is 4. The van der Waals surface area contributed by atoms with Crippen molar-refractivity contribution in [2.45, 2.75) is 70.6 Å². The van der Waals surface area contributed by atoms with E-state index in [9.17, 15) is 18.0 Å². The molecule has 0 saturated carbocycles. The van der Waals surface area contributed by atoms with Gasteiger partial charge in [0, 0.05) is 55.9 Å². The number of nitrogens with zero attached hydrogens (tertiary/aromatic N) is 6. The molecule has 0 aliphatic carbocycles. The van der Waals surface area contributed by atoms with Crippen LogP contribution in [0.25, 0.3) is 0 Å². The van der Waals surface area contributed by atoms with Crippen molar-refractivity contribution in [2.24, 2.45) is 0 Å². The molecular weight excluding hydrogens is 837 g/mol. The molecule has 8 rings (SSSR count). The monoisotopic (exact) mass is 882 g/mol. The first kappa shape index (κ1) is 42.6. The van der Waals surface area contributed by atoms with Crippen molar-refractivity contribution in [1.29, 1.82) is 0 Å². The highest BCUT2D eigenvalue weighted by molar-refractivity contribution is 8.01. The molecule has 2 aliphatic rings. The number of sulfone groups is 1. The minimum Gasteiger partial charge on any atom is -0.370 e. The highest BCUT2D eigenvalue weighted by Crippen LogP contribution is 2.35. The van der Waals surface area contributed by atoms with Gasteiger partial charge in [-0.15, -0.1) is 0 Å². The van der Waals surface area contributed by atoms with Crippen molar-refractivity contribution in [3.05, 3.63) is 109 Å². The van der Waals surface area contributed by atoms with Crippen LogP contribution in [0.1, 0.15) is 49.7 Å². The van der Waals surface area contributed by atoms with Gasteiger partial charge < -0.3 is 20.4 Å². The number of benzene rings is 2. The van der Waals surface area contributed by atoms with Crippen molar-refractivity contribution < 1.29 is 18.0 Å². The number of carbonyl (C=O) groups excluding carboxylic acids is 2. The number of aromatic nitrogens is 4. The number of urea groups is 2. The summed E-state index contributed by atoms with van der Waals surface area (Å²) in [6.07, 6.45) is 16.5. The molecule has 0 atom stereocenters. The summed E-state index contributed by atoms with van der Waals surface area (Å²) < 4.78 is 26.4. The van der Waals surface area contributed by atoms with E-state index in [4.69, 9.17) is 0 Å². The predicted octanol–water partition coefficient (Wildman–Crippen LogP) is 9.95. The SMILES string of the molecule is Cc1ccc(NC(=O)Nc2ncc(S(=O)(=O)c3ccncc3)s2)c(N2CCCCC2)c1.Cc1ccc(NC(=O)Nc2ncc(Sc3ccncc3)s2)c(N2CCCCC2)c1. The standard InChI is InChI=1S/C21H23N5O3S2.C21H23N5OS2/c1-15-5-6-17(18(13-15)26-11-3-2-4-12-26)24-20(27)25-21-23-14-19(30-21)31(28,29)16-7-9-22-10-8-16;1-15-5-6-17(18(13-15)26-11-3-2-4-12-26)24-20(27)25-21-23-14-19(29-21)28-16-7-9-22-10-8-16/h5-10,13-14H,2-4,11-12H2,1H3,(H2,23,24,25,27);5-10,13-14H,2-4,11-12H2,1H3,(H2,23,24,25,27). The number of amides is 4. The third-order valence-electron chi connectivity index (χ3n) is 9.70. The van der Waals surface area contributed by atoms with Gasteiger partial charge in [-0.2, -0.15) is 0 Å². The van der Waals surface area contributed by atoms with Crippen LogP contribution < -0.4 is 31.1 Å². The Kier molecular flexibility index (Phi) is 14.3. The quantitative estimate of drug-likeness (QED) is 0.103. The first-order valence-electron chi connectivity index (χ1n) is 19.6. The first-order chi connectivity index (χ1) is 29.1. The summed E-state index contributed by atoms with van der Waals surface area (Å²) in [4.78, 5) is 47.3. The molecule has 2 fully saturated rings. The molecule has 2 saturated heterocycles. The molecule has 4 amide bonds. The zero-order chi connectivity index (χ0) is 41.9. The highest BCUT2D eigenvalue weighted by atomic mass is 32.2. The molecular formula is C42H46N10O4S4. The maximum absolute atomic E-state index is 12.7. The van der Waals surface area contributed by atoms with Crippen LogP contribution in [0.5, 0.6) is 0 Å². The van der Waals surface area contributed by atoms with E-state index in [0.29, 0.717) is 10.8 Å². The van der Waals surface area contributed by atoms with Crippen LogP contribution in [-0.2, 0) is 9.84 Å². The van der Waals surface area contributed by atoms with E-state index in [-0.39, 0.29) is 20.3 Å². The summed E-state index contributed by atoms with van der Waals surface area (Å²) in [6.45, 7) is 8.08. The number of hydrogen-bond acceptors (Lipinski definition) is 13. The second-order valence-corrected chi connectivity index (χ2v) is 19.8. The summed E-state index contributed by atoms with van der Waals surface area (Å²) in [5.41, 5.74) is 5.94. The summed E-state index contributed by atoms with van der Waals surface area (Å²) in [6, 6.07) is 18.1. The molecule has 2 aromatic carbocycles. The fourth-order valence-electron chi connectivity index (χ4n) is 6.75. The molecule has 14 nitrogen and oxygen atoms in total. The number of piperidine rings is 2. The summed E-state index contributed by atoms with van der Waals surface area (Å²) >= 11 is 3.96. The van der Waals surface area contributed by atoms with Gasteiger partial charge in [-0.25, -0.2) is 28.0 Å². The lowest BCUT2D eigenvalue weighted by Gasteiger charge is -2.30. The molecule has 6 heterocycles. The molecule has 2 aliphatic heterocycles. The van der Waals surface area contributed by atoms with E-state index in [1.165, 1.54) is 73.3 Å². The minimum atomic E-state index is -3.70. The maximum atomic E-state index is 12.7. The van der Waals surface area contributed by atoms with Crippen LogP contribution >= 0.6 is 34.4 Å². The van der Waals surface area contributed by atoms with E-state index < -0.39 is 15.9 Å². The lowest BCUT2D eigenvalue weighted by molar-refractivity contribution is 0.261. The third kappa shape index (κ3) is 11.4. The largest absolute Gasteiger partial charge is 0.370 e. The molecule has 0 radical (unpaired) electrons. The summed E-state index contributed by atoms with van der Waals surface area (Å²) in [5.74, 6) is 0. The van der Waals surface area contributed by atoms with Crippen molar-refractivity contribution >= 4 is 89.3 Å². The predicted molar refractivity (Wildman–Crippen MR) is 242 cm³/mol. The highest BCUT2D eigenvalue weighted by Gasteiger charge is 2.22. The average Bonchev–Trinajstić information content (AvgIpc) is 3.93. The van der Waals surface area contributed by atoms with Crippen molar-refractivity contribution in [1.82, 2.24) is 19.9 Å². The Hall–Kier alpha value is -5.56. The minimum absolute atomic E-state index is 0.0540. The number of rotatable bonds is 10. The average molecular weight is 883 g/mol. The first-order valence-corrected chi connectivity index (χ1v) is 23.6. The Morgan fingerprint density at radius 2 is 1.10 bits per heavy atom. The van der Waals surface area contributed by atoms with Crippen LogP contribution in [0.2, 0.25) is 0 Å². The van der Waals surface area contributed by atoms with Crippen LogP contribution in [-0.4, -0.2) is 66.6 Å². The number of hydrogen-bond donors (Lipinski definition) is 4. The van der Waals surface area contributed by atoms with Crippen LogP contribution in [0.3, 0.4) is 0 Å². The van der Waals surface area contributed by atoms with E-state index in [2.05, 4.69) is 70.1 Å². The zero-order valence-electron chi connectivity index (χ0n) is 33.3. The number of anilines is 6. The van der Waals surface area contributed by atoms with Crippen molar-refractivity contribution in [3.8, 4) is 0 Å². The molecule has 0 spiro atoms. The van der Waals surface area contributed by atoms with Crippen LogP contribution in [0, 0.1) is 13.8 Å². The molecule has 0 bridgehead atoms. The second kappa shape index (κ2) is 20.1.